The molecule has 7 unspecified atom stereocenters. The number of aryl methyl sites for hydroxylation is 1. The Morgan fingerprint density at radius 2 is 1.61 bits per heavy atom. The summed E-state index contributed by atoms with van der Waals surface area (Å²) in [7, 11) is 1.40. The van der Waals surface area contributed by atoms with E-state index in [0.29, 0.717) is 89.1 Å². The van der Waals surface area contributed by atoms with Crippen LogP contribution in [0.15, 0.2) is 36.4 Å². The number of amides is 1. The van der Waals surface area contributed by atoms with Crippen molar-refractivity contribution in [2.24, 2.45) is 47.3 Å². The predicted molar refractivity (Wildman–Crippen MR) is 294 cm³/mol. The molecule has 1 aromatic carbocycles. The van der Waals surface area contributed by atoms with Crippen molar-refractivity contribution in [3.63, 3.8) is 0 Å². The summed E-state index contributed by atoms with van der Waals surface area (Å²) in [6, 6.07) is 5.74. The maximum absolute atomic E-state index is 14.9. The summed E-state index contributed by atoms with van der Waals surface area (Å²) in [5.74, 6) is -6.23. The zero-order valence-corrected chi connectivity index (χ0v) is 49.2. The van der Waals surface area contributed by atoms with Gasteiger partial charge < -0.3 is 48.3 Å². The van der Waals surface area contributed by atoms with Gasteiger partial charge in [-0.1, -0.05) is 91.3 Å². The molecule has 432 valence electrons. The largest absolute Gasteiger partial charge is 0.469 e. The number of aliphatic hydroxyl groups excluding tert-OH is 1. The Kier molecular flexibility index (Phi) is 20.1. The van der Waals surface area contributed by atoms with E-state index in [1.807, 2.05) is 103 Å². The Bertz CT molecular complexity index is 2290. The third kappa shape index (κ3) is 13.1. The molecule has 7 rings (SSSR count). The van der Waals surface area contributed by atoms with Crippen molar-refractivity contribution in [2.75, 3.05) is 39.8 Å². The van der Waals surface area contributed by atoms with Gasteiger partial charge in [-0.05, 0) is 120 Å². The normalized spacial score (nSPS) is 37.3. The van der Waals surface area contributed by atoms with Crippen LogP contribution in [0.25, 0.3) is 6.08 Å². The fourth-order valence-electron chi connectivity index (χ4n) is 13.8. The van der Waals surface area contributed by atoms with Crippen LogP contribution in [0.3, 0.4) is 0 Å². The molecule has 15 nitrogen and oxygen atoms in total. The van der Waals surface area contributed by atoms with Crippen LogP contribution < -0.4 is 0 Å². The molecule has 1 amide bonds. The molecule has 77 heavy (non-hydrogen) atoms. The minimum atomic E-state index is -1.40. The summed E-state index contributed by atoms with van der Waals surface area (Å²) in [5.41, 5.74) is 0.167. The third-order valence-electron chi connectivity index (χ3n) is 19.1. The number of halogens is 1. The van der Waals surface area contributed by atoms with Crippen LogP contribution in [-0.2, 0) is 52.3 Å². The van der Waals surface area contributed by atoms with E-state index in [0.717, 1.165) is 24.0 Å². The summed E-state index contributed by atoms with van der Waals surface area (Å²) >= 11 is 6.23. The van der Waals surface area contributed by atoms with Gasteiger partial charge in [-0.25, -0.2) is 0 Å². The van der Waals surface area contributed by atoms with E-state index in [9.17, 15) is 29.4 Å². The van der Waals surface area contributed by atoms with Gasteiger partial charge in [0.15, 0.2) is 11.9 Å². The lowest BCUT2D eigenvalue weighted by atomic mass is 9.72. The van der Waals surface area contributed by atoms with Gasteiger partial charge in [-0.3, -0.25) is 24.1 Å². The number of piperazine rings is 1. The van der Waals surface area contributed by atoms with Crippen LogP contribution in [0.4, 0.5) is 0 Å². The van der Waals surface area contributed by atoms with Crippen molar-refractivity contribution >= 4 is 41.3 Å². The zero-order chi connectivity index (χ0) is 56.4. The third-order valence-corrected chi connectivity index (χ3v) is 19.5. The number of carbonyl (C=O) groups is 4. The second-order valence-electron chi connectivity index (χ2n) is 24.3. The number of esters is 2. The van der Waals surface area contributed by atoms with Gasteiger partial charge in [0, 0.05) is 74.8 Å². The highest BCUT2D eigenvalue weighted by molar-refractivity contribution is 6.31. The van der Waals surface area contributed by atoms with Crippen LogP contribution in [-0.4, -0.2) is 149 Å². The van der Waals surface area contributed by atoms with Crippen molar-refractivity contribution in [3.8, 4) is 0 Å². The molecule has 19 atom stereocenters. The van der Waals surface area contributed by atoms with Gasteiger partial charge in [0.05, 0.1) is 66.8 Å². The molecule has 6 aliphatic heterocycles. The lowest BCUT2D eigenvalue weighted by molar-refractivity contribution is -0.409. The van der Waals surface area contributed by atoms with Crippen molar-refractivity contribution < 1.29 is 62.5 Å². The molecule has 0 radical (unpaired) electrons. The molecule has 0 aliphatic carbocycles. The molecule has 0 saturated carbocycles. The van der Waals surface area contributed by atoms with Crippen molar-refractivity contribution in [2.45, 2.75) is 213 Å². The summed E-state index contributed by atoms with van der Waals surface area (Å²) in [5, 5.41) is 24.1. The van der Waals surface area contributed by atoms with Crippen LogP contribution in [0, 0.1) is 54.3 Å². The Morgan fingerprint density at radius 1 is 0.909 bits per heavy atom. The molecule has 0 aromatic heterocycles. The Balaban J connectivity index is 0.986. The number of ketones is 1. The highest BCUT2D eigenvalue weighted by Crippen LogP contribution is 2.55. The monoisotopic (exact) mass is 1100 g/mol. The summed E-state index contributed by atoms with van der Waals surface area (Å²) in [6.07, 6.45) is 9.53. The Hall–Kier alpha value is -3.25. The van der Waals surface area contributed by atoms with Gasteiger partial charge in [0.25, 0.3) is 0 Å². The highest BCUT2D eigenvalue weighted by atomic mass is 35.5. The molecule has 6 aliphatic rings. The Labute approximate surface area is 464 Å². The van der Waals surface area contributed by atoms with Gasteiger partial charge in [0.1, 0.15) is 5.78 Å². The van der Waals surface area contributed by atoms with E-state index >= 15 is 0 Å². The first-order chi connectivity index (χ1) is 36.4. The number of nitrogens with zero attached hydrogens (tertiary/aromatic N) is 2. The van der Waals surface area contributed by atoms with Gasteiger partial charge in [-0.15, -0.1) is 0 Å². The number of benzene rings is 1. The highest BCUT2D eigenvalue weighted by Gasteiger charge is 2.64. The second-order valence-corrected chi connectivity index (χ2v) is 24.7. The standard InChI is InChI=1S/C61H93ClN2O13/c1-14-46(56(68)64-31-29-63(30-32-64)35-45(57(69)71-13)20-18-44-19-21-48(62)37(5)34-44)49-22-17-36(4)54(74-49)41(9)52(66)40(8)53(67)47(15-2)55-38(6)33-39(7)60(75-55)26-24-51(73-43(11)65)61(77-60)28-27-58(12,76-61)50-23-25-59(70,16-3)42(10)72-50/h18-21,24,26,34,36,38-42,45-47,49-52,54-55,66,70H,14-17,22-23,25,27-33,35H2,1-13H3/b20-18-/t36-,38?,39?,40-,41?,42?,45?,46?,47-,49+,50+,51+,52?,54+,55-,58-,59+,60-,61-/m0/s1. The second kappa shape index (κ2) is 25.3. The van der Waals surface area contributed by atoms with Gasteiger partial charge >= 0.3 is 11.9 Å². The van der Waals surface area contributed by atoms with Crippen LogP contribution in [0.1, 0.15) is 151 Å². The fourth-order valence-corrected chi connectivity index (χ4v) is 13.9. The van der Waals surface area contributed by atoms with E-state index in [4.69, 9.17) is 44.8 Å². The van der Waals surface area contributed by atoms with E-state index in [-0.39, 0.29) is 59.6 Å². The smallest absolute Gasteiger partial charge is 0.313 e. The average molecular weight is 1100 g/mol. The predicted octanol–water partition coefficient (Wildman–Crippen LogP) is 9.28. The number of hydrogen-bond acceptors (Lipinski definition) is 14. The topological polar surface area (TPSA) is 180 Å². The molecule has 16 heteroatoms. The SMILES string of the molecule is CCC(C(=O)N1CCN(CC(/C=C\c2ccc(Cl)c(C)c2)C(=O)OC)CC1)[C@H]1CC[C@H](C)[C@H](C(C)C(O)[C@H](C)C(=O)[C@H](CC)[C@H]2O[C@]3(C=C[C@@H](OC(C)=O)[C@]4(CC[C@@](C)([C@H]5CC[C@](O)(CC)C(C)O5)O4)O3)C(C)CC2C)O1. The zero-order valence-electron chi connectivity index (χ0n) is 48.5. The molecule has 2 spiro atoms. The lowest BCUT2D eigenvalue weighted by Crippen LogP contribution is -2.63. The van der Waals surface area contributed by atoms with E-state index in [1.54, 1.807) is 0 Å². The number of carbonyl (C=O) groups excluding carboxylic acids is 4. The molecule has 1 aromatic rings. The first-order valence-corrected chi connectivity index (χ1v) is 29.5. The maximum Gasteiger partial charge on any atom is 0.313 e. The first kappa shape index (κ1) is 61.4. The average Bonchev–Trinajstić information content (AvgIpc) is 3.78. The van der Waals surface area contributed by atoms with Gasteiger partial charge in [0.2, 0.25) is 11.7 Å². The Morgan fingerprint density at radius 3 is 2.23 bits per heavy atom. The van der Waals surface area contributed by atoms with E-state index in [1.165, 1.54) is 14.0 Å². The van der Waals surface area contributed by atoms with E-state index in [2.05, 4.69) is 25.7 Å². The maximum atomic E-state index is 14.9. The summed E-state index contributed by atoms with van der Waals surface area (Å²) in [4.78, 5) is 58.9. The molecule has 5 fully saturated rings. The van der Waals surface area contributed by atoms with Crippen molar-refractivity contribution in [3.05, 3.63) is 52.6 Å². The minimum absolute atomic E-state index is 0.0345. The van der Waals surface area contributed by atoms with Crippen molar-refractivity contribution in [1.82, 2.24) is 9.80 Å². The molecule has 2 N–H and O–H groups in total. The number of hydrogen-bond donors (Lipinski definition) is 2. The molecule has 0 bridgehead atoms. The molecular formula is C61H93ClN2O13. The number of ether oxygens (including phenoxy) is 7. The van der Waals surface area contributed by atoms with Crippen LogP contribution >= 0.6 is 11.6 Å². The molecule has 5 saturated heterocycles. The van der Waals surface area contributed by atoms with E-state index < -0.39 is 76.8 Å². The lowest BCUT2D eigenvalue weighted by Gasteiger charge is -2.54. The summed E-state index contributed by atoms with van der Waals surface area (Å²) in [6.45, 7) is 26.0. The number of aliphatic hydroxyl groups is 2. The minimum Gasteiger partial charge on any atom is -0.469 e. The van der Waals surface area contributed by atoms with Crippen LogP contribution in [0.5, 0.6) is 0 Å². The quantitative estimate of drug-likeness (QED) is 0.105. The summed E-state index contributed by atoms with van der Waals surface area (Å²) < 4.78 is 45.9. The van der Waals surface area contributed by atoms with Crippen LogP contribution in [0.2, 0.25) is 5.02 Å². The number of Topliss-reactive ketones (excluding diaryl/α,β-unsaturated/α-hetero) is 1. The van der Waals surface area contributed by atoms with Gasteiger partial charge in [-0.2, -0.15) is 0 Å². The number of rotatable bonds is 18. The number of methoxy groups -OCH3 is 1. The van der Waals surface area contributed by atoms with Crippen molar-refractivity contribution in [1.29, 1.82) is 0 Å². The molecular weight excluding hydrogens is 1000 g/mol. The first-order valence-electron chi connectivity index (χ1n) is 29.1. The fraction of sp³-hybridized carbons (Fsp3) is 0.770. The molecule has 6 heterocycles.